The summed E-state index contributed by atoms with van der Waals surface area (Å²) < 4.78 is 5.24. The third-order valence-electron chi connectivity index (χ3n) is 4.12. The van der Waals surface area contributed by atoms with E-state index in [0.717, 1.165) is 18.4 Å². The Morgan fingerprint density at radius 1 is 0.962 bits per heavy atom. The Kier molecular flexibility index (Phi) is 4.23. The standard InChI is InChI=1S/C20H17N3O3/c24-19(21-16-10-11-16)14-6-8-15(9-7-14)22-20(25)17-12-18(26-23-17)13-4-2-1-3-5-13/h1-9,12,16H,10-11H2,(H,21,24)(H,22,25). The van der Waals surface area contributed by atoms with Crippen LogP contribution in [0.25, 0.3) is 11.3 Å². The Balaban J connectivity index is 1.41. The van der Waals surface area contributed by atoms with Crippen LogP contribution in [-0.4, -0.2) is 23.0 Å². The Hall–Kier alpha value is -3.41. The normalized spacial score (nSPS) is 13.2. The van der Waals surface area contributed by atoms with E-state index in [0.29, 0.717) is 23.1 Å². The van der Waals surface area contributed by atoms with Gasteiger partial charge in [-0.05, 0) is 37.1 Å². The van der Waals surface area contributed by atoms with Gasteiger partial charge in [0.15, 0.2) is 11.5 Å². The number of amides is 2. The summed E-state index contributed by atoms with van der Waals surface area (Å²) in [4.78, 5) is 24.3. The van der Waals surface area contributed by atoms with E-state index in [9.17, 15) is 9.59 Å². The lowest BCUT2D eigenvalue weighted by molar-refractivity contribution is 0.0950. The number of nitrogens with zero attached hydrogens (tertiary/aromatic N) is 1. The molecule has 1 heterocycles. The van der Waals surface area contributed by atoms with Crippen molar-refractivity contribution in [3.8, 4) is 11.3 Å². The van der Waals surface area contributed by atoms with Crippen molar-refractivity contribution in [1.29, 1.82) is 0 Å². The smallest absolute Gasteiger partial charge is 0.277 e. The molecule has 1 aliphatic carbocycles. The maximum absolute atomic E-state index is 12.3. The minimum Gasteiger partial charge on any atom is -0.355 e. The maximum Gasteiger partial charge on any atom is 0.277 e. The number of nitrogens with one attached hydrogen (secondary N) is 2. The summed E-state index contributed by atoms with van der Waals surface area (Å²) in [5.41, 5.74) is 2.20. The molecule has 0 spiro atoms. The van der Waals surface area contributed by atoms with Crippen molar-refractivity contribution in [2.45, 2.75) is 18.9 Å². The number of rotatable bonds is 5. The van der Waals surface area contributed by atoms with Crippen LogP contribution in [0.5, 0.6) is 0 Å². The highest BCUT2D eigenvalue weighted by molar-refractivity contribution is 6.03. The lowest BCUT2D eigenvalue weighted by atomic mass is 10.1. The largest absolute Gasteiger partial charge is 0.355 e. The monoisotopic (exact) mass is 347 g/mol. The molecule has 0 radical (unpaired) electrons. The first kappa shape index (κ1) is 16.1. The van der Waals surface area contributed by atoms with Crippen LogP contribution in [0, 0.1) is 0 Å². The molecule has 6 nitrogen and oxygen atoms in total. The summed E-state index contributed by atoms with van der Waals surface area (Å²) in [7, 11) is 0. The number of hydrogen-bond donors (Lipinski definition) is 2. The number of hydrogen-bond acceptors (Lipinski definition) is 4. The van der Waals surface area contributed by atoms with Crippen molar-refractivity contribution >= 4 is 17.5 Å². The number of anilines is 1. The van der Waals surface area contributed by atoms with Gasteiger partial charge in [0.05, 0.1) is 0 Å². The molecule has 6 heteroatoms. The van der Waals surface area contributed by atoms with E-state index in [4.69, 9.17) is 4.52 Å². The highest BCUT2D eigenvalue weighted by Gasteiger charge is 2.23. The van der Waals surface area contributed by atoms with Gasteiger partial charge >= 0.3 is 0 Å². The molecular weight excluding hydrogens is 330 g/mol. The van der Waals surface area contributed by atoms with Crippen molar-refractivity contribution in [2.75, 3.05) is 5.32 Å². The Morgan fingerprint density at radius 2 is 1.69 bits per heavy atom. The van der Waals surface area contributed by atoms with Crippen molar-refractivity contribution in [2.24, 2.45) is 0 Å². The first-order valence-corrected chi connectivity index (χ1v) is 8.43. The Bertz CT molecular complexity index is 928. The fourth-order valence-corrected chi connectivity index (χ4v) is 2.52. The van der Waals surface area contributed by atoms with Gasteiger partial charge < -0.3 is 15.2 Å². The SMILES string of the molecule is O=C(NC1CC1)c1ccc(NC(=O)c2cc(-c3ccccc3)on2)cc1. The fourth-order valence-electron chi connectivity index (χ4n) is 2.52. The molecule has 1 saturated carbocycles. The predicted molar refractivity (Wildman–Crippen MR) is 96.8 cm³/mol. The number of carbonyl (C=O) groups is 2. The van der Waals surface area contributed by atoms with Crippen molar-refractivity contribution in [1.82, 2.24) is 10.5 Å². The quantitative estimate of drug-likeness (QED) is 0.740. The average molecular weight is 347 g/mol. The van der Waals surface area contributed by atoms with Gasteiger partial charge in [-0.2, -0.15) is 0 Å². The topological polar surface area (TPSA) is 84.2 Å². The number of carbonyl (C=O) groups excluding carboxylic acids is 2. The third-order valence-corrected chi connectivity index (χ3v) is 4.12. The van der Waals surface area contributed by atoms with Crippen LogP contribution in [0.3, 0.4) is 0 Å². The Labute approximate surface area is 150 Å². The zero-order chi connectivity index (χ0) is 17.9. The van der Waals surface area contributed by atoms with Gasteiger partial charge in [-0.15, -0.1) is 0 Å². The molecule has 0 unspecified atom stereocenters. The molecule has 0 saturated heterocycles. The van der Waals surface area contributed by atoms with Gasteiger partial charge in [-0.25, -0.2) is 0 Å². The van der Waals surface area contributed by atoms with Crippen LogP contribution in [0.1, 0.15) is 33.7 Å². The van der Waals surface area contributed by atoms with Crippen molar-refractivity contribution in [3.63, 3.8) is 0 Å². The second-order valence-electron chi connectivity index (χ2n) is 6.22. The molecule has 0 aliphatic heterocycles. The van der Waals surface area contributed by atoms with E-state index < -0.39 is 0 Å². The second-order valence-corrected chi connectivity index (χ2v) is 6.22. The number of aromatic nitrogens is 1. The van der Waals surface area contributed by atoms with Gasteiger partial charge in [0.1, 0.15) is 0 Å². The summed E-state index contributed by atoms with van der Waals surface area (Å²) in [6.07, 6.45) is 2.09. The molecule has 2 aromatic carbocycles. The van der Waals surface area contributed by atoms with Gasteiger partial charge in [0.25, 0.3) is 11.8 Å². The van der Waals surface area contributed by atoms with E-state index in [1.54, 1.807) is 30.3 Å². The van der Waals surface area contributed by atoms with Crippen LogP contribution >= 0.6 is 0 Å². The van der Waals surface area contributed by atoms with E-state index in [2.05, 4.69) is 15.8 Å². The summed E-state index contributed by atoms with van der Waals surface area (Å²) >= 11 is 0. The van der Waals surface area contributed by atoms with E-state index >= 15 is 0 Å². The van der Waals surface area contributed by atoms with E-state index in [1.165, 1.54) is 0 Å². The van der Waals surface area contributed by atoms with Crippen LogP contribution in [0.2, 0.25) is 0 Å². The zero-order valence-electron chi connectivity index (χ0n) is 13.9. The molecule has 26 heavy (non-hydrogen) atoms. The average Bonchev–Trinajstić information content (AvgIpc) is 3.34. The molecule has 0 bridgehead atoms. The lowest BCUT2D eigenvalue weighted by Gasteiger charge is -2.05. The third kappa shape index (κ3) is 3.64. The molecule has 4 rings (SSSR count). The second kappa shape index (κ2) is 6.84. The summed E-state index contributed by atoms with van der Waals surface area (Å²) in [5.74, 6) is 0.0725. The molecule has 3 aromatic rings. The van der Waals surface area contributed by atoms with Crippen molar-refractivity contribution < 1.29 is 14.1 Å². The van der Waals surface area contributed by atoms with Gasteiger partial charge in [-0.3, -0.25) is 9.59 Å². The minimum absolute atomic E-state index is 0.0885. The van der Waals surface area contributed by atoms with Gasteiger partial charge in [0.2, 0.25) is 0 Å². The van der Waals surface area contributed by atoms with E-state index in [1.807, 2.05) is 30.3 Å². The molecule has 1 fully saturated rings. The first-order valence-electron chi connectivity index (χ1n) is 8.43. The van der Waals surface area contributed by atoms with E-state index in [-0.39, 0.29) is 17.5 Å². The molecule has 1 aliphatic rings. The first-order chi connectivity index (χ1) is 12.7. The summed E-state index contributed by atoms with van der Waals surface area (Å²) in [6, 6.07) is 18.1. The highest BCUT2D eigenvalue weighted by Crippen LogP contribution is 2.21. The van der Waals surface area contributed by atoms with Crippen LogP contribution in [0.15, 0.2) is 65.2 Å². The highest BCUT2D eigenvalue weighted by atomic mass is 16.5. The summed E-state index contributed by atoms with van der Waals surface area (Å²) in [5, 5.41) is 9.50. The molecule has 130 valence electrons. The molecule has 2 N–H and O–H groups in total. The molecule has 1 aromatic heterocycles. The van der Waals surface area contributed by atoms with Crippen LogP contribution in [-0.2, 0) is 0 Å². The molecule has 2 amide bonds. The summed E-state index contributed by atoms with van der Waals surface area (Å²) in [6.45, 7) is 0. The van der Waals surface area contributed by atoms with Gasteiger partial charge in [-0.1, -0.05) is 35.5 Å². The van der Waals surface area contributed by atoms with Gasteiger partial charge in [0, 0.05) is 28.9 Å². The zero-order valence-corrected chi connectivity index (χ0v) is 13.9. The lowest BCUT2D eigenvalue weighted by Crippen LogP contribution is -2.25. The fraction of sp³-hybridized carbons (Fsp3) is 0.150. The predicted octanol–water partition coefficient (Wildman–Crippen LogP) is 3.49. The molecular formula is C20H17N3O3. The van der Waals surface area contributed by atoms with Crippen molar-refractivity contribution in [3.05, 3.63) is 71.9 Å². The van der Waals surface area contributed by atoms with Crippen LogP contribution < -0.4 is 10.6 Å². The number of benzene rings is 2. The minimum atomic E-state index is -0.369. The molecule has 0 atom stereocenters. The Morgan fingerprint density at radius 3 is 2.38 bits per heavy atom. The maximum atomic E-state index is 12.3. The van der Waals surface area contributed by atoms with Crippen LogP contribution in [0.4, 0.5) is 5.69 Å².